The maximum Gasteiger partial charge on any atom is 0.265 e. The van der Waals surface area contributed by atoms with Crippen LogP contribution in [0.2, 0.25) is 5.15 Å². The Labute approximate surface area is 80.9 Å². The van der Waals surface area contributed by atoms with Gasteiger partial charge >= 0.3 is 0 Å². The Balaban J connectivity index is 3.13. The molecule has 0 radical (unpaired) electrons. The number of pyridine rings is 1. The van der Waals surface area contributed by atoms with Crippen molar-refractivity contribution in [1.29, 1.82) is 0 Å². The van der Waals surface area contributed by atoms with Gasteiger partial charge in [0.05, 0.1) is 0 Å². The van der Waals surface area contributed by atoms with Gasteiger partial charge in [-0.25, -0.2) is 13.8 Å². The van der Waals surface area contributed by atoms with Crippen LogP contribution in [0.5, 0.6) is 0 Å². The monoisotopic (exact) mass is 289 g/mol. The van der Waals surface area contributed by atoms with E-state index in [9.17, 15) is 8.78 Å². The molecule has 0 aliphatic carbocycles. The second-order valence-electron chi connectivity index (χ2n) is 1.83. The van der Waals surface area contributed by atoms with Crippen LogP contribution in [0.25, 0.3) is 0 Å². The van der Waals surface area contributed by atoms with Gasteiger partial charge < -0.3 is 0 Å². The molecule has 0 atom stereocenters. The van der Waals surface area contributed by atoms with Gasteiger partial charge in [-0.1, -0.05) is 11.6 Å². The quantitative estimate of drug-likeness (QED) is 0.571. The summed E-state index contributed by atoms with van der Waals surface area (Å²) < 4.78 is 24.7. The van der Waals surface area contributed by atoms with Gasteiger partial charge in [-0.2, -0.15) is 0 Å². The minimum Gasteiger partial charge on any atom is -0.243 e. The molecule has 0 aromatic carbocycles. The van der Waals surface area contributed by atoms with Crippen molar-refractivity contribution in [3.05, 3.63) is 26.5 Å². The summed E-state index contributed by atoms with van der Waals surface area (Å²) in [5, 5.41) is 0.0979. The fourth-order valence-electron chi connectivity index (χ4n) is 0.595. The Kier molecular flexibility index (Phi) is 3.00. The van der Waals surface area contributed by atoms with Gasteiger partial charge in [-0.15, -0.1) is 0 Å². The average Bonchev–Trinajstić information content (AvgIpc) is 1.94. The Morgan fingerprint density at radius 2 is 2.18 bits per heavy atom. The number of hydrogen-bond acceptors (Lipinski definition) is 1. The third-order valence-corrected chi connectivity index (χ3v) is 2.19. The molecule has 1 aromatic rings. The van der Waals surface area contributed by atoms with Gasteiger partial charge in [0.1, 0.15) is 5.15 Å². The number of aromatic nitrogens is 1. The molecule has 1 nitrogen and oxygen atoms in total. The van der Waals surface area contributed by atoms with Gasteiger partial charge in [0.15, 0.2) is 0 Å². The maximum atomic E-state index is 12.1. The minimum absolute atomic E-state index is 0.0643. The summed E-state index contributed by atoms with van der Waals surface area (Å²) in [6.07, 6.45) is -1.16. The number of rotatable bonds is 1. The highest BCUT2D eigenvalue weighted by atomic mass is 127. The second-order valence-corrected chi connectivity index (χ2v) is 3.38. The highest BCUT2D eigenvalue weighted by Crippen LogP contribution is 2.25. The van der Waals surface area contributed by atoms with Crippen molar-refractivity contribution in [3.63, 3.8) is 0 Å². The van der Waals surface area contributed by atoms with Crippen LogP contribution in [0.4, 0.5) is 8.78 Å². The van der Waals surface area contributed by atoms with Crippen LogP contribution in [-0.2, 0) is 0 Å². The van der Waals surface area contributed by atoms with Gasteiger partial charge in [-0.3, -0.25) is 0 Å². The molecule has 0 saturated carbocycles. The predicted molar refractivity (Wildman–Crippen MR) is 46.9 cm³/mol. The molecule has 0 N–H and O–H groups in total. The topological polar surface area (TPSA) is 12.9 Å². The van der Waals surface area contributed by atoms with Crippen molar-refractivity contribution in [2.24, 2.45) is 0 Å². The number of alkyl halides is 2. The van der Waals surface area contributed by atoms with Crippen molar-refractivity contribution in [2.45, 2.75) is 6.43 Å². The first-order chi connectivity index (χ1) is 5.11. The first-order valence-electron chi connectivity index (χ1n) is 2.70. The molecule has 60 valence electrons. The molecule has 0 fully saturated rings. The van der Waals surface area contributed by atoms with E-state index in [1.54, 1.807) is 22.6 Å². The van der Waals surface area contributed by atoms with E-state index in [2.05, 4.69) is 4.98 Å². The molecule has 5 heteroatoms. The van der Waals surface area contributed by atoms with Gasteiger partial charge in [0, 0.05) is 15.3 Å². The minimum atomic E-state index is -2.48. The van der Waals surface area contributed by atoms with E-state index < -0.39 is 6.43 Å². The average molecular weight is 289 g/mol. The lowest BCUT2D eigenvalue weighted by Crippen LogP contribution is -1.90. The third kappa shape index (κ3) is 2.23. The normalized spacial score (nSPS) is 10.6. The predicted octanol–water partition coefficient (Wildman–Crippen LogP) is 3.28. The molecule has 0 spiro atoms. The number of hydrogen-bond donors (Lipinski definition) is 0. The highest BCUT2D eigenvalue weighted by Gasteiger charge is 2.11. The summed E-state index contributed by atoms with van der Waals surface area (Å²) in [7, 11) is 0. The molecule has 11 heavy (non-hydrogen) atoms. The summed E-state index contributed by atoms with van der Waals surface area (Å²) in [5.74, 6) is 0. The SMILES string of the molecule is FC(F)c1cc(Cl)ncc1I. The first kappa shape index (κ1) is 9.12. The van der Waals surface area contributed by atoms with E-state index in [1.807, 2.05) is 0 Å². The van der Waals surface area contributed by atoms with Crippen molar-refractivity contribution in [1.82, 2.24) is 4.98 Å². The molecule has 0 aliphatic heterocycles. The lowest BCUT2D eigenvalue weighted by atomic mass is 10.3. The van der Waals surface area contributed by atoms with E-state index in [0.717, 1.165) is 0 Å². The molecule has 0 amide bonds. The van der Waals surface area contributed by atoms with Crippen LogP contribution in [-0.4, -0.2) is 4.98 Å². The van der Waals surface area contributed by atoms with E-state index in [4.69, 9.17) is 11.6 Å². The fraction of sp³-hybridized carbons (Fsp3) is 0.167. The number of halogens is 4. The molecule has 0 bridgehead atoms. The maximum absolute atomic E-state index is 12.1. The smallest absolute Gasteiger partial charge is 0.243 e. The van der Waals surface area contributed by atoms with Crippen LogP contribution in [0, 0.1) is 3.57 Å². The summed E-state index contributed by atoms with van der Waals surface area (Å²) in [6.45, 7) is 0. The summed E-state index contributed by atoms with van der Waals surface area (Å²) >= 11 is 7.20. The second kappa shape index (κ2) is 3.62. The lowest BCUT2D eigenvalue weighted by Gasteiger charge is -2.01. The standard InChI is InChI=1S/C6H3ClF2IN/c7-5-1-3(6(8)9)4(10)2-11-5/h1-2,6H. The zero-order valence-electron chi connectivity index (χ0n) is 5.19. The summed E-state index contributed by atoms with van der Waals surface area (Å²) in [6, 6.07) is 1.17. The first-order valence-corrected chi connectivity index (χ1v) is 4.16. The van der Waals surface area contributed by atoms with Crippen molar-refractivity contribution in [3.8, 4) is 0 Å². The molecule has 1 rings (SSSR count). The van der Waals surface area contributed by atoms with Gasteiger partial charge in [0.2, 0.25) is 0 Å². The zero-order chi connectivity index (χ0) is 8.43. The van der Waals surface area contributed by atoms with Crippen molar-refractivity contribution >= 4 is 34.2 Å². The number of nitrogens with zero attached hydrogens (tertiary/aromatic N) is 1. The van der Waals surface area contributed by atoms with Gasteiger partial charge in [0.25, 0.3) is 6.43 Å². The van der Waals surface area contributed by atoms with Gasteiger partial charge in [-0.05, 0) is 28.7 Å². The largest absolute Gasteiger partial charge is 0.265 e. The summed E-state index contributed by atoms with van der Waals surface area (Å²) in [4.78, 5) is 3.65. The van der Waals surface area contributed by atoms with E-state index >= 15 is 0 Å². The van der Waals surface area contributed by atoms with Crippen LogP contribution in [0.3, 0.4) is 0 Å². The molecular formula is C6H3ClF2IN. The Morgan fingerprint density at radius 3 is 2.64 bits per heavy atom. The van der Waals surface area contributed by atoms with E-state index in [-0.39, 0.29) is 10.7 Å². The highest BCUT2D eigenvalue weighted by molar-refractivity contribution is 14.1. The van der Waals surface area contributed by atoms with E-state index in [1.165, 1.54) is 12.3 Å². The van der Waals surface area contributed by atoms with Crippen molar-refractivity contribution in [2.75, 3.05) is 0 Å². The molecule has 1 heterocycles. The fourth-order valence-corrected chi connectivity index (χ4v) is 1.29. The molecular weight excluding hydrogens is 286 g/mol. The molecule has 1 aromatic heterocycles. The van der Waals surface area contributed by atoms with Crippen LogP contribution in [0.1, 0.15) is 12.0 Å². The van der Waals surface area contributed by atoms with Crippen LogP contribution < -0.4 is 0 Å². The van der Waals surface area contributed by atoms with Crippen molar-refractivity contribution < 1.29 is 8.78 Å². The van der Waals surface area contributed by atoms with Crippen LogP contribution in [0.15, 0.2) is 12.3 Å². The Morgan fingerprint density at radius 1 is 1.55 bits per heavy atom. The zero-order valence-corrected chi connectivity index (χ0v) is 8.10. The third-order valence-electron chi connectivity index (χ3n) is 1.09. The summed E-state index contributed by atoms with van der Waals surface area (Å²) in [5.41, 5.74) is -0.0643. The molecule has 0 saturated heterocycles. The Hall–Kier alpha value is 0.0300. The van der Waals surface area contributed by atoms with Crippen LogP contribution >= 0.6 is 34.2 Å². The molecule has 0 aliphatic rings. The Bertz CT molecular complexity index is 267. The molecule has 0 unspecified atom stereocenters. The van der Waals surface area contributed by atoms with E-state index in [0.29, 0.717) is 3.57 Å². The lowest BCUT2D eigenvalue weighted by molar-refractivity contribution is 0.150.